The predicted octanol–water partition coefficient (Wildman–Crippen LogP) is 7.36. The van der Waals surface area contributed by atoms with E-state index in [-0.39, 0.29) is 5.75 Å². The van der Waals surface area contributed by atoms with Crippen LogP contribution in [-0.4, -0.2) is 27.2 Å². The predicted molar refractivity (Wildman–Crippen MR) is 148 cm³/mol. The van der Waals surface area contributed by atoms with Crippen LogP contribution < -0.4 is 15.5 Å². The number of nitrogens with one attached hydrogen (secondary N) is 2. The molecule has 5 aromatic rings. The van der Waals surface area contributed by atoms with E-state index in [9.17, 15) is 13.2 Å². The van der Waals surface area contributed by atoms with E-state index < -0.39 is 6.36 Å². The maximum Gasteiger partial charge on any atom is 0.573 e. The number of thiocarbonyl (C=S) groups is 1. The van der Waals surface area contributed by atoms with Gasteiger partial charge in [0.1, 0.15) is 12.1 Å². The summed E-state index contributed by atoms with van der Waals surface area (Å²) in [5.41, 5.74) is 7.57. The van der Waals surface area contributed by atoms with Crippen LogP contribution in [0.3, 0.4) is 0 Å². The number of aryl methyl sites for hydroxylation is 1. The number of halogens is 4. The van der Waals surface area contributed by atoms with E-state index in [0.717, 1.165) is 38.6 Å². The molecule has 5 rings (SSSR count). The van der Waals surface area contributed by atoms with Gasteiger partial charge in [0, 0.05) is 11.1 Å². The molecule has 0 radical (unpaired) electrons. The third-order valence-corrected chi connectivity index (χ3v) is 6.25. The zero-order chi connectivity index (χ0) is 26.9. The average molecular weight is 554 g/mol. The Morgan fingerprint density at radius 2 is 1.87 bits per heavy atom. The molecule has 4 aromatic carbocycles. The van der Waals surface area contributed by atoms with Crippen molar-refractivity contribution in [3.8, 4) is 11.4 Å². The SMILES string of the molecule is Cc1cccc(Cl)c1NC(=S)NN=Cc1ccc2c(ccc3c2ncn3-c2ccc(OC(F)(F)F)cc2)c1. The van der Waals surface area contributed by atoms with Gasteiger partial charge in [-0.05, 0) is 78.1 Å². The minimum atomic E-state index is -4.74. The van der Waals surface area contributed by atoms with Crippen LogP contribution in [0.5, 0.6) is 5.75 Å². The summed E-state index contributed by atoms with van der Waals surface area (Å²) in [7, 11) is 0. The molecule has 0 amide bonds. The van der Waals surface area contributed by atoms with E-state index in [1.165, 1.54) is 12.1 Å². The van der Waals surface area contributed by atoms with Gasteiger partial charge in [-0.15, -0.1) is 13.2 Å². The van der Waals surface area contributed by atoms with E-state index in [2.05, 4.69) is 25.6 Å². The Hall–Kier alpha value is -4.15. The van der Waals surface area contributed by atoms with Gasteiger partial charge in [0.15, 0.2) is 5.11 Å². The van der Waals surface area contributed by atoms with E-state index in [0.29, 0.717) is 15.8 Å². The molecule has 0 saturated heterocycles. The highest BCUT2D eigenvalue weighted by Crippen LogP contribution is 2.29. The van der Waals surface area contributed by atoms with Crippen molar-refractivity contribution in [3.63, 3.8) is 0 Å². The molecule has 1 aromatic heterocycles. The number of imidazole rings is 1. The topological polar surface area (TPSA) is 63.5 Å². The van der Waals surface area contributed by atoms with Crippen LogP contribution >= 0.6 is 23.8 Å². The third-order valence-electron chi connectivity index (χ3n) is 5.74. The second-order valence-electron chi connectivity index (χ2n) is 8.33. The first-order valence-corrected chi connectivity index (χ1v) is 12.1. The number of benzene rings is 4. The molecule has 0 spiro atoms. The Kier molecular flexibility index (Phi) is 6.92. The Labute approximate surface area is 225 Å². The summed E-state index contributed by atoms with van der Waals surface area (Å²) in [6.45, 7) is 1.93. The molecule has 38 heavy (non-hydrogen) atoms. The fourth-order valence-electron chi connectivity index (χ4n) is 4.02. The summed E-state index contributed by atoms with van der Waals surface area (Å²) in [4.78, 5) is 4.54. The van der Waals surface area contributed by atoms with Gasteiger partial charge in [0.05, 0.1) is 28.0 Å². The van der Waals surface area contributed by atoms with Gasteiger partial charge in [-0.3, -0.25) is 9.99 Å². The Morgan fingerprint density at radius 1 is 1.08 bits per heavy atom. The lowest BCUT2D eigenvalue weighted by Crippen LogP contribution is -2.24. The van der Waals surface area contributed by atoms with Crippen LogP contribution in [0.25, 0.3) is 27.5 Å². The Bertz CT molecular complexity index is 1660. The molecule has 0 unspecified atom stereocenters. The number of hydrogen-bond acceptors (Lipinski definition) is 4. The molecule has 0 aliphatic carbocycles. The minimum absolute atomic E-state index is 0.282. The molecule has 0 atom stereocenters. The van der Waals surface area contributed by atoms with Gasteiger partial charge >= 0.3 is 6.36 Å². The van der Waals surface area contributed by atoms with Crippen molar-refractivity contribution in [1.82, 2.24) is 15.0 Å². The van der Waals surface area contributed by atoms with Gasteiger partial charge in [-0.25, -0.2) is 4.98 Å². The number of hydrazone groups is 1. The first kappa shape index (κ1) is 25.5. The molecule has 0 aliphatic heterocycles. The van der Waals surface area contributed by atoms with Gasteiger partial charge < -0.3 is 10.1 Å². The zero-order valence-corrected chi connectivity index (χ0v) is 21.3. The molecule has 6 nitrogen and oxygen atoms in total. The second-order valence-corrected chi connectivity index (χ2v) is 9.14. The lowest BCUT2D eigenvalue weighted by molar-refractivity contribution is -0.274. The average Bonchev–Trinajstić information content (AvgIpc) is 3.30. The maximum atomic E-state index is 12.4. The molecule has 192 valence electrons. The van der Waals surface area contributed by atoms with Crippen LogP contribution in [0.1, 0.15) is 11.1 Å². The molecule has 11 heteroatoms. The first-order chi connectivity index (χ1) is 18.2. The van der Waals surface area contributed by atoms with Gasteiger partial charge in [-0.2, -0.15) is 5.10 Å². The normalized spacial score (nSPS) is 11.8. The van der Waals surface area contributed by atoms with Gasteiger partial charge in [0.25, 0.3) is 0 Å². The van der Waals surface area contributed by atoms with Gasteiger partial charge in [0.2, 0.25) is 0 Å². The van der Waals surface area contributed by atoms with Crippen molar-refractivity contribution in [1.29, 1.82) is 0 Å². The number of ether oxygens (including phenoxy) is 1. The van der Waals surface area contributed by atoms with E-state index >= 15 is 0 Å². The lowest BCUT2D eigenvalue weighted by atomic mass is 10.1. The third kappa shape index (κ3) is 5.56. The van der Waals surface area contributed by atoms with Crippen molar-refractivity contribution in [2.24, 2.45) is 5.10 Å². The summed E-state index contributed by atoms with van der Waals surface area (Å²) >= 11 is 11.5. The van der Waals surface area contributed by atoms with Crippen molar-refractivity contribution in [3.05, 3.63) is 95.3 Å². The number of para-hydroxylation sites is 1. The molecule has 0 bridgehead atoms. The smallest absolute Gasteiger partial charge is 0.406 e. The van der Waals surface area contributed by atoms with Crippen molar-refractivity contribution in [2.75, 3.05) is 5.32 Å². The standard InChI is InChI=1S/C27H19ClF3N5OS/c1-16-3-2-4-22(28)24(16)34-26(38)35-33-14-17-5-11-21-18(13-17)6-12-23-25(21)32-15-36(23)19-7-9-20(10-8-19)37-27(29,30)31/h2-15H,1H3,(H2,34,35,38). The van der Waals surface area contributed by atoms with Gasteiger partial charge in [-0.1, -0.05) is 41.9 Å². The maximum absolute atomic E-state index is 12.4. The fourth-order valence-corrected chi connectivity index (χ4v) is 4.44. The second kappa shape index (κ2) is 10.3. The number of fused-ring (bicyclic) bond motifs is 3. The summed E-state index contributed by atoms with van der Waals surface area (Å²) in [6, 6.07) is 20.9. The van der Waals surface area contributed by atoms with Crippen LogP contribution in [0.2, 0.25) is 5.02 Å². The van der Waals surface area contributed by atoms with Crippen molar-refractivity contribution in [2.45, 2.75) is 13.3 Å². The summed E-state index contributed by atoms with van der Waals surface area (Å²) in [5.74, 6) is -0.282. The molecule has 0 aliphatic rings. The van der Waals surface area contributed by atoms with E-state index in [4.69, 9.17) is 23.8 Å². The number of anilines is 1. The quantitative estimate of drug-likeness (QED) is 0.135. The number of alkyl halides is 3. The Balaban J connectivity index is 1.32. The zero-order valence-electron chi connectivity index (χ0n) is 19.8. The molecule has 2 N–H and O–H groups in total. The number of rotatable bonds is 5. The summed E-state index contributed by atoms with van der Waals surface area (Å²) < 4.78 is 43.1. The molecular formula is C27H19ClF3N5OS. The monoisotopic (exact) mass is 553 g/mol. The highest BCUT2D eigenvalue weighted by atomic mass is 35.5. The summed E-state index contributed by atoms with van der Waals surface area (Å²) in [5, 5.41) is 10.0. The van der Waals surface area contributed by atoms with Crippen LogP contribution in [0.15, 0.2) is 84.2 Å². The fraction of sp³-hybridized carbons (Fsp3) is 0.0741. The number of nitrogens with zero attached hydrogens (tertiary/aromatic N) is 3. The van der Waals surface area contributed by atoms with E-state index in [1.807, 2.05) is 49.4 Å². The first-order valence-electron chi connectivity index (χ1n) is 11.3. The molecule has 0 saturated carbocycles. The van der Waals surface area contributed by atoms with Crippen LogP contribution in [0, 0.1) is 6.92 Å². The highest BCUT2D eigenvalue weighted by molar-refractivity contribution is 7.80. The molecule has 0 fully saturated rings. The van der Waals surface area contributed by atoms with Crippen molar-refractivity contribution < 1.29 is 17.9 Å². The van der Waals surface area contributed by atoms with Crippen LogP contribution in [-0.2, 0) is 0 Å². The molecule has 1 heterocycles. The largest absolute Gasteiger partial charge is 0.573 e. The number of aromatic nitrogens is 2. The Morgan fingerprint density at radius 3 is 2.61 bits per heavy atom. The van der Waals surface area contributed by atoms with Crippen molar-refractivity contribution >= 4 is 62.6 Å². The lowest BCUT2D eigenvalue weighted by Gasteiger charge is -2.11. The molecular weight excluding hydrogens is 535 g/mol. The minimum Gasteiger partial charge on any atom is -0.406 e. The number of hydrogen-bond donors (Lipinski definition) is 2. The summed E-state index contributed by atoms with van der Waals surface area (Å²) in [6.07, 6.45) is -1.45. The van der Waals surface area contributed by atoms with E-state index in [1.54, 1.807) is 35.3 Å². The highest BCUT2D eigenvalue weighted by Gasteiger charge is 2.31. The van der Waals surface area contributed by atoms with Crippen LogP contribution in [0.4, 0.5) is 18.9 Å².